The molecule has 2 aliphatic carbocycles. The van der Waals surface area contributed by atoms with E-state index >= 15 is 0 Å². The Morgan fingerprint density at radius 2 is 1.23 bits per heavy atom. The van der Waals surface area contributed by atoms with Gasteiger partial charge in [0, 0.05) is 0 Å². The third-order valence-electron chi connectivity index (χ3n) is 3.49. The van der Waals surface area contributed by atoms with Gasteiger partial charge < -0.3 is 9.47 Å². The minimum Gasteiger partial charge on any atom is -0.342 e. The van der Waals surface area contributed by atoms with Crippen LogP contribution in [0.25, 0.3) is 0 Å². The highest BCUT2D eigenvalue weighted by molar-refractivity contribution is 4.87. The van der Waals surface area contributed by atoms with E-state index in [-0.39, 0.29) is 11.2 Å². The maximum Gasteiger partial charge on any atom is 0.210 e. The van der Waals surface area contributed by atoms with Crippen molar-refractivity contribution in [3.8, 4) is 0 Å². The second kappa shape index (κ2) is 3.25. The Balaban J connectivity index is 1.63. The smallest absolute Gasteiger partial charge is 0.210 e. The lowest BCUT2D eigenvalue weighted by Crippen LogP contribution is -2.40. The van der Waals surface area contributed by atoms with E-state index in [1.54, 1.807) is 6.79 Å². The summed E-state index contributed by atoms with van der Waals surface area (Å²) < 4.78 is 11.2. The van der Waals surface area contributed by atoms with Crippen LogP contribution in [-0.4, -0.2) is 11.2 Å². The Bertz CT molecular complexity index is 161. The normalized spacial score (nSPS) is 29.1. The molecule has 2 heteroatoms. The monoisotopic (exact) mass is 183 g/mol. The van der Waals surface area contributed by atoms with E-state index in [9.17, 15) is 0 Å². The fourth-order valence-corrected chi connectivity index (χ4v) is 1.84. The van der Waals surface area contributed by atoms with E-state index in [4.69, 9.17) is 9.47 Å². The van der Waals surface area contributed by atoms with Crippen LogP contribution >= 0.6 is 0 Å². The summed E-state index contributed by atoms with van der Waals surface area (Å²) >= 11 is 0. The molecule has 2 fully saturated rings. The molecule has 2 saturated carbocycles. The molecule has 0 atom stereocenters. The molecule has 0 bridgehead atoms. The average Bonchev–Trinajstić information content (AvgIpc) is 1.98. The van der Waals surface area contributed by atoms with Crippen LogP contribution in [0.5, 0.6) is 0 Å². The highest BCUT2D eigenvalue weighted by Crippen LogP contribution is 2.38. The lowest BCUT2D eigenvalue weighted by Gasteiger charge is -2.41. The average molecular weight is 183 g/mol. The van der Waals surface area contributed by atoms with Gasteiger partial charge in [0.15, 0.2) is 0 Å². The second-order valence-electron chi connectivity index (χ2n) is 4.94. The predicted molar refractivity (Wildman–Crippen MR) is 51.0 cm³/mol. The molecule has 0 aromatic rings. The molecule has 1 radical (unpaired) electrons. The Morgan fingerprint density at radius 1 is 0.846 bits per heavy atom. The van der Waals surface area contributed by atoms with Gasteiger partial charge in [0.25, 0.3) is 0 Å². The van der Waals surface area contributed by atoms with Crippen LogP contribution in [-0.2, 0) is 9.47 Å². The molecule has 0 unspecified atom stereocenters. The molecule has 0 spiro atoms. The molecular formula is C11H19O2. The van der Waals surface area contributed by atoms with Gasteiger partial charge in [-0.25, -0.2) is 0 Å². The molecular weight excluding hydrogens is 164 g/mol. The van der Waals surface area contributed by atoms with Gasteiger partial charge in [-0.05, 0) is 52.4 Å². The summed E-state index contributed by atoms with van der Waals surface area (Å²) in [4.78, 5) is 0. The summed E-state index contributed by atoms with van der Waals surface area (Å²) in [6.45, 7) is 5.89. The topological polar surface area (TPSA) is 18.5 Å². The Morgan fingerprint density at radius 3 is 1.46 bits per heavy atom. The largest absolute Gasteiger partial charge is 0.342 e. The van der Waals surface area contributed by atoms with Gasteiger partial charge in [-0.3, -0.25) is 0 Å². The standard InChI is InChI=1S/C11H19O2/c1-10(5-3-6-10)12-9-13-11(2)7-4-8-11/h9H,3-8H2,1-2H3. The molecule has 2 aliphatic rings. The maximum atomic E-state index is 5.59. The van der Waals surface area contributed by atoms with Gasteiger partial charge in [0.05, 0.1) is 11.2 Å². The first-order valence-electron chi connectivity index (χ1n) is 5.29. The van der Waals surface area contributed by atoms with Crippen molar-refractivity contribution < 1.29 is 9.47 Å². The number of ether oxygens (including phenoxy) is 2. The van der Waals surface area contributed by atoms with Crippen molar-refractivity contribution in [3.05, 3.63) is 6.79 Å². The van der Waals surface area contributed by atoms with Crippen LogP contribution < -0.4 is 0 Å². The van der Waals surface area contributed by atoms with Crippen LogP contribution in [0.1, 0.15) is 52.4 Å². The number of hydrogen-bond donors (Lipinski definition) is 0. The van der Waals surface area contributed by atoms with Crippen molar-refractivity contribution >= 4 is 0 Å². The van der Waals surface area contributed by atoms with Crippen LogP contribution in [0.2, 0.25) is 0 Å². The molecule has 0 saturated heterocycles. The summed E-state index contributed by atoms with van der Waals surface area (Å²) in [6, 6.07) is 0. The van der Waals surface area contributed by atoms with Crippen molar-refractivity contribution in [1.29, 1.82) is 0 Å². The molecule has 2 rings (SSSR count). The van der Waals surface area contributed by atoms with Crippen LogP contribution in [0.15, 0.2) is 0 Å². The molecule has 0 aliphatic heterocycles. The molecule has 0 amide bonds. The predicted octanol–water partition coefficient (Wildman–Crippen LogP) is 3.02. The molecule has 0 heterocycles. The van der Waals surface area contributed by atoms with Gasteiger partial charge in [0.1, 0.15) is 0 Å². The maximum absolute atomic E-state index is 5.59. The summed E-state index contributed by atoms with van der Waals surface area (Å²) in [5.74, 6) is 0. The molecule has 0 aromatic carbocycles. The minimum atomic E-state index is 0.0834. The summed E-state index contributed by atoms with van der Waals surface area (Å²) in [7, 11) is 0. The number of rotatable bonds is 4. The van der Waals surface area contributed by atoms with Gasteiger partial charge in [-0.1, -0.05) is 0 Å². The van der Waals surface area contributed by atoms with Gasteiger partial charge in [-0.2, -0.15) is 0 Å². The summed E-state index contributed by atoms with van der Waals surface area (Å²) in [5, 5.41) is 0. The Labute approximate surface area is 80.6 Å². The van der Waals surface area contributed by atoms with Crippen LogP contribution in [0, 0.1) is 6.79 Å². The third kappa shape index (κ3) is 2.05. The van der Waals surface area contributed by atoms with E-state index in [0.717, 1.165) is 0 Å². The van der Waals surface area contributed by atoms with Crippen molar-refractivity contribution in [2.24, 2.45) is 0 Å². The van der Waals surface area contributed by atoms with Crippen molar-refractivity contribution in [1.82, 2.24) is 0 Å². The van der Waals surface area contributed by atoms with Gasteiger partial charge >= 0.3 is 0 Å². The molecule has 0 N–H and O–H groups in total. The zero-order chi connectivity index (χ0) is 9.36. The highest BCUT2D eigenvalue weighted by atomic mass is 16.7. The lowest BCUT2D eigenvalue weighted by molar-refractivity contribution is -0.170. The summed E-state index contributed by atoms with van der Waals surface area (Å²) in [5.41, 5.74) is 0.167. The second-order valence-corrected chi connectivity index (χ2v) is 4.94. The Hall–Kier alpha value is -0.0800. The van der Waals surface area contributed by atoms with Crippen LogP contribution in [0.3, 0.4) is 0 Å². The quantitative estimate of drug-likeness (QED) is 0.667. The van der Waals surface area contributed by atoms with E-state index in [1.807, 2.05) is 0 Å². The zero-order valence-corrected chi connectivity index (χ0v) is 8.64. The van der Waals surface area contributed by atoms with Gasteiger partial charge in [0.2, 0.25) is 6.79 Å². The van der Waals surface area contributed by atoms with E-state index in [1.165, 1.54) is 38.5 Å². The van der Waals surface area contributed by atoms with Crippen LogP contribution in [0.4, 0.5) is 0 Å². The summed E-state index contributed by atoms with van der Waals surface area (Å²) in [6.07, 6.45) is 7.27. The molecule has 13 heavy (non-hydrogen) atoms. The molecule has 2 nitrogen and oxygen atoms in total. The van der Waals surface area contributed by atoms with E-state index in [2.05, 4.69) is 13.8 Å². The fraction of sp³-hybridized carbons (Fsp3) is 0.909. The van der Waals surface area contributed by atoms with Crippen molar-refractivity contribution in [2.45, 2.75) is 63.6 Å². The zero-order valence-electron chi connectivity index (χ0n) is 8.64. The first kappa shape index (κ1) is 9.47. The molecule has 75 valence electrons. The first-order valence-corrected chi connectivity index (χ1v) is 5.29. The highest BCUT2D eigenvalue weighted by Gasteiger charge is 2.36. The Kier molecular flexibility index (Phi) is 2.37. The first-order chi connectivity index (χ1) is 6.12. The van der Waals surface area contributed by atoms with Crippen molar-refractivity contribution in [2.75, 3.05) is 0 Å². The van der Waals surface area contributed by atoms with Crippen molar-refractivity contribution in [3.63, 3.8) is 0 Å². The van der Waals surface area contributed by atoms with E-state index in [0.29, 0.717) is 0 Å². The lowest BCUT2D eigenvalue weighted by atomic mass is 9.81. The van der Waals surface area contributed by atoms with Gasteiger partial charge in [-0.15, -0.1) is 0 Å². The minimum absolute atomic E-state index is 0.0834. The SMILES string of the molecule is CC1(O[CH]OC2(C)CCC2)CCC1. The van der Waals surface area contributed by atoms with E-state index < -0.39 is 0 Å². The molecule has 0 aromatic heterocycles. The fourth-order valence-electron chi connectivity index (χ4n) is 1.84. The number of hydrogen-bond acceptors (Lipinski definition) is 2. The third-order valence-corrected chi connectivity index (χ3v) is 3.49.